The number of aromatic nitrogens is 2. The molecule has 1 aromatic heterocycles. The van der Waals surface area contributed by atoms with Crippen molar-refractivity contribution < 1.29 is 8.42 Å². The Bertz CT molecular complexity index is 491. The Morgan fingerprint density at radius 2 is 2.06 bits per heavy atom. The highest BCUT2D eigenvalue weighted by Crippen LogP contribution is 2.37. The van der Waals surface area contributed by atoms with Gasteiger partial charge in [0, 0.05) is 19.1 Å². The molecule has 1 aliphatic carbocycles. The molecular formula is C11H20N4O2S. The van der Waals surface area contributed by atoms with Crippen LogP contribution in [0.25, 0.3) is 0 Å². The van der Waals surface area contributed by atoms with Crippen molar-refractivity contribution in [3.05, 3.63) is 12.5 Å². The largest absolute Gasteiger partial charge is 0.335 e. The molecule has 0 saturated heterocycles. The van der Waals surface area contributed by atoms with Gasteiger partial charge in [0.1, 0.15) is 0 Å². The van der Waals surface area contributed by atoms with Crippen LogP contribution in [0.15, 0.2) is 17.6 Å². The average Bonchev–Trinajstić information content (AvgIpc) is 2.75. The minimum absolute atomic E-state index is 0.0121. The van der Waals surface area contributed by atoms with Crippen molar-refractivity contribution in [3.63, 3.8) is 0 Å². The van der Waals surface area contributed by atoms with Crippen molar-refractivity contribution in [2.75, 3.05) is 27.7 Å². The van der Waals surface area contributed by atoms with Gasteiger partial charge in [0.25, 0.3) is 10.0 Å². The predicted molar refractivity (Wildman–Crippen MR) is 68.7 cm³/mol. The number of likely N-dealkylation sites (N-methyl/N-ethyl adjacent to an activating group) is 2. The van der Waals surface area contributed by atoms with E-state index in [-0.39, 0.29) is 10.6 Å². The number of rotatable bonds is 5. The highest BCUT2D eigenvalue weighted by atomic mass is 32.2. The highest BCUT2D eigenvalue weighted by Gasteiger charge is 2.42. The lowest BCUT2D eigenvalue weighted by Gasteiger charge is -2.48. The normalized spacial score (nSPS) is 19.2. The lowest BCUT2D eigenvalue weighted by atomic mass is 9.75. The third-order valence-corrected chi connectivity index (χ3v) is 5.64. The molecule has 0 amide bonds. The lowest BCUT2D eigenvalue weighted by Crippen LogP contribution is -2.57. The summed E-state index contributed by atoms with van der Waals surface area (Å²) in [6.45, 7) is 0.515. The van der Waals surface area contributed by atoms with E-state index in [0.717, 1.165) is 19.3 Å². The zero-order valence-electron chi connectivity index (χ0n) is 11.0. The zero-order valence-corrected chi connectivity index (χ0v) is 11.9. The number of aromatic amines is 1. The Balaban J connectivity index is 2.15. The summed E-state index contributed by atoms with van der Waals surface area (Å²) in [6.07, 6.45) is 5.97. The number of nitrogens with zero attached hydrogens (tertiary/aromatic N) is 3. The van der Waals surface area contributed by atoms with Crippen LogP contribution in [-0.4, -0.2) is 60.8 Å². The third-order valence-electron chi connectivity index (χ3n) is 3.91. The van der Waals surface area contributed by atoms with Crippen LogP contribution in [0.1, 0.15) is 19.3 Å². The van der Waals surface area contributed by atoms with Crippen LogP contribution < -0.4 is 0 Å². The molecule has 0 spiro atoms. The molecule has 1 aromatic rings. The lowest BCUT2D eigenvalue weighted by molar-refractivity contribution is 0.0455. The van der Waals surface area contributed by atoms with E-state index in [0.29, 0.717) is 6.54 Å². The molecule has 0 unspecified atom stereocenters. The molecule has 0 aromatic carbocycles. The molecular weight excluding hydrogens is 252 g/mol. The van der Waals surface area contributed by atoms with E-state index >= 15 is 0 Å². The first kappa shape index (κ1) is 13.5. The molecule has 1 aliphatic rings. The Morgan fingerprint density at radius 1 is 1.39 bits per heavy atom. The topological polar surface area (TPSA) is 69.3 Å². The van der Waals surface area contributed by atoms with Gasteiger partial charge in [-0.15, -0.1) is 0 Å². The Kier molecular flexibility index (Phi) is 3.48. The van der Waals surface area contributed by atoms with Gasteiger partial charge in [-0.25, -0.2) is 13.4 Å². The van der Waals surface area contributed by atoms with Gasteiger partial charge in [0.05, 0.1) is 12.5 Å². The number of H-pyrrole nitrogens is 1. The molecule has 1 saturated carbocycles. The Morgan fingerprint density at radius 3 is 2.44 bits per heavy atom. The molecule has 0 bridgehead atoms. The fourth-order valence-corrected chi connectivity index (χ4v) is 3.52. The Hall–Kier alpha value is -0.920. The van der Waals surface area contributed by atoms with Crippen LogP contribution in [-0.2, 0) is 10.0 Å². The molecule has 1 heterocycles. The molecule has 7 heteroatoms. The maximum absolute atomic E-state index is 12.3. The molecule has 0 aliphatic heterocycles. The van der Waals surface area contributed by atoms with Crippen molar-refractivity contribution in [1.29, 1.82) is 0 Å². The van der Waals surface area contributed by atoms with Gasteiger partial charge in [-0.05, 0) is 33.4 Å². The fourth-order valence-electron chi connectivity index (χ4n) is 2.38. The molecule has 2 rings (SSSR count). The van der Waals surface area contributed by atoms with Gasteiger partial charge in [-0.2, -0.15) is 4.31 Å². The van der Waals surface area contributed by atoms with E-state index in [1.54, 1.807) is 7.05 Å². The summed E-state index contributed by atoms with van der Waals surface area (Å²) < 4.78 is 26.0. The van der Waals surface area contributed by atoms with Gasteiger partial charge in [0.15, 0.2) is 5.03 Å². The Labute approximate surface area is 108 Å². The molecule has 1 N–H and O–H groups in total. The van der Waals surface area contributed by atoms with Crippen LogP contribution in [0, 0.1) is 0 Å². The van der Waals surface area contributed by atoms with Gasteiger partial charge in [0.2, 0.25) is 0 Å². The van der Waals surface area contributed by atoms with Crippen LogP contribution in [0.2, 0.25) is 0 Å². The van der Waals surface area contributed by atoms with E-state index in [1.165, 1.54) is 16.8 Å². The second-order valence-corrected chi connectivity index (χ2v) is 7.16. The first-order valence-corrected chi connectivity index (χ1v) is 7.45. The van der Waals surface area contributed by atoms with E-state index in [1.807, 2.05) is 14.1 Å². The van der Waals surface area contributed by atoms with E-state index in [4.69, 9.17) is 0 Å². The summed E-state index contributed by atoms with van der Waals surface area (Å²) in [5.74, 6) is 0. The van der Waals surface area contributed by atoms with Crippen LogP contribution in [0.4, 0.5) is 0 Å². The molecule has 0 radical (unpaired) electrons. The van der Waals surface area contributed by atoms with Gasteiger partial charge in [-0.3, -0.25) is 0 Å². The van der Waals surface area contributed by atoms with Crippen molar-refractivity contribution in [3.8, 4) is 0 Å². The summed E-state index contributed by atoms with van der Waals surface area (Å²) in [6, 6.07) is 0. The second-order valence-electron chi connectivity index (χ2n) is 5.15. The molecule has 6 nitrogen and oxygen atoms in total. The number of hydrogen-bond acceptors (Lipinski definition) is 4. The number of hydrogen-bond donors (Lipinski definition) is 1. The summed E-state index contributed by atoms with van der Waals surface area (Å²) in [5, 5.41) is 0.151. The summed E-state index contributed by atoms with van der Waals surface area (Å²) in [7, 11) is 2.19. The van der Waals surface area contributed by atoms with E-state index < -0.39 is 10.0 Å². The van der Waals surface area contributed by atoms with E-state index in [2.05, 4.69) is 14.9 Å². The molecule has 0 atom stereocenters. The first-order valence-electron chi connectivity index (χ1n) is 6.01. The number of imidazole rings is 1. The average molecular weight is 272 g/mol. The standard InChI is InChI=1S/C11H20N4O2S/c1-14(2)11(5-4-6-11)8-15(3)18(16,17)10-7-12-9-13-10/h7,9H,4-6,8H2,1-3H3,(H,12,13). The van der Waals surface area contributed by atoms with Crippen molar-refractivity contribution in [2.24, 2.45) is 0 Å². The maximum atomic E-state index is 12.3. The minimum Gasteiger partial charge on any atom is -0.335 e. The van der Waals surface area contributed by atoms with Crippen LogP contribution >= 0.6 is 0 Å². The zero-order chi connectivity index (χ0) is 13.4. The molecule has 1 fully saturated rings. The summed E-state index contributed by atoms with van der Waals surface area (Å²) in [5.41, 5.74) is -0.0121. The first-order chi connectivity index (χ1) is 8.38. The smallest absolute Gasteiger partial charge is 0.259 e. The quantitative estimate of drug-likeness (QED) is 0.848. The van der Waals surface area contributed by atoms with Crippen molar-refractivity contribution >= 4 is 10.0 Å². The molecule has 102 valence electrons. The monoisotopic (exact) mass is 272 g/mol. The summed E-state index contributed by atoms with van der Waals surface area (Å²) in [4.78, 5) is 8.55. The predicted octanol–water partition coefficient (Wildman–Crippen LogP) is 0.514. The fraction of sp³-hybridized carbons (Fsp3) is 0.727. The number of sulfonamides is 1. The third kappa shape index (κ3) is 2.17. The van der Waals surface area contributed by atoms with Crippen molar-refractivity contribution in [2.45, 2.75) is 29.8 Å². The SMILES string of the molecule is CN(C)C1(CN(C)S(=O)(=O)c2cnc[nH]2)CCC1. The van der Waals surface area contributed by atoms with Crippen LogP contribution in [0.3, 0.4) is 0 Å². The summed E-state index contributed by atoms with van der Waals surface area (Å²) >= 11 is 0. The van der Waals surface area contributed by atoms with E-state index in [9.17, 15) is 8.42 Å². The van der Waals surface area contributed by atoms with Gasteiger partial charge in [-0.1, -0.05) is 0 Å². The highest BCUT2D eigenvalue weighted by molar-refractivity contribution is 7.89. The van der Waals surface area contributed by atoms with Gasteiger partial charge >= 0.3 is 0 Å². The molecule has 18 heavy (non-hydrogen) atoms. The maximum Gasteiger partial charge on any atom is 0.259 e. The number of nitrogens with one attached hydrogen (secondary N) is 1. The van der Waals surface area contributed by atoms with Gasteiger partial charge < -0.3 is 9.88 Å². The second kappa shape index (κ2) is 4.64. The van der Waals surface area contributed by atoms with Crippen LogP contribution in [0.5, 0.6) is 0 Å². The minimum atomic E-state index is -3.45. The van der Waals surface area contributed by atoms with Crippen molar-refractivity contribution in [1.82, 2.24) is 19.2 Å².